The number of hydrogen-bond donors (Lipinski definition) is 1. The number of aryl methyl sites for hydroxylation is 2. The van der Waals surface area contributed by atoms with Crippen LogP contribution in [0, 0.1) is 13.8 Å². The van der Waals surface area contributed by atoms with Crippen molar-refractivity contribution in [1.29, 1.82) is 0 Å². The molecule has 2 aromatic rings. The third-order valence-electron chi connectivity index (χ3n) is 3.99. The van der Waals surface area contributed by atoms with Crippen LogP contribution in [0.15, 0.2) is 49.1 Å². The minimum atomic E-state index is -1.14. The molecule has 24 heavy (non-hydrogen) atoms. The number of aromatic nitrogens is 2. The molecule has 0 spiro atoms. The summed E-state index contributed by atoms with van der Waals surface area (Å²) in [7, 11) is 0. The molecular weight excluding hydrogens is 304 g/mol. The minimum absolute atomic E-state index is 0.0751. The van der Waals surface area contributed by atoms with E-state index in [1.165, 1.54) is 0 Å². The molecule has 126 valence electrons. The second-order valence-electron chi connectivity index (χ2n) is 6.05. The van der Waals surface area contributed by atoms with E-state index in [9.17, 15) is 9.90 Å². The molecule has 0 fully saturated rings. The van der Waals surface area contributed by atoms with Gasteiger partial charge in [0.2, 0.25) is 6.10 Å². The number of rotatable bonds is 7. The topological polar surface area (TPSA) is 72.3 Å². The predicted molar refractivity (Wildman–Crippen MR) is 92.2 cm³/mol. The van der Waals surface area contributed by atoms with Gasteiger partial charge in [-0.3, -0.25) is 0 Å². The van der Waals surface area contributed by atoms with Crippen molar-refractivity contribution in [2.75, 3.05) is 0 Å². The predicted octanol–water partition coefficient (Wildman–Crippen LogP) is 3.46. The summed E-state index contributed by atoms with van der Waals surface area (Å²) >= 11 is 0. The fourth-order valence-corrected chi connectivity index (χ4v) is 2.80. The van der Waals surface area contributed by atoms with Crippen molar-refractivity contribution in [3.8, 4) is 6.01 Å². The summed E-state index contributed by atoms with van der Waals surface area (Å²) in [6.45, 7) is 9.25. The first-order chi connectivity index (χ1) is 11.4. The summed E-state index contributed by atoms with van der Waals surface area (Å²) < 4.78 is 5.74. The zero-order valence-electron chi connectivity index (χ0n) is 14.2. The zero-order chi connectivity index (χ0) is 17.7. The summed E-state index contributed by atoms with van der Waals surface area (Å²) in [5.41, 5.74) is 1.52. The minimum Gasteiger partial charge on any atom is -0.478 e. The molecule has 1 aromatic carbocycles. The molecule has 5 heteroatoms. The SMILES string of the molecule is C=CCC(C)(c1ccccc1)C(Oc1nc(C)cc(C)n1)C(=O)O. The van der Waals surface area contributed by atoms with Gasteiger partial charge in [0.25, 0.3) is 0 Å². The maximum atomic E-state index is 12.0. The second kappa shape index (κ2) is 7.25. The van der Waals surface area contributed by atoms with Crippen LogP contribution in [0.1, 0.15) is 30.3 Å². The molecule has 1 aromatic heterocycles. The number of ether oxygens (including phenoxy) is 1. The molecule has 0 amide bonds. The van der Waals surface area contributed by atoms with E-state index in [1.807, 2.05) is 57.2 Å². The normalized spacial score (nSPS) is 14.5. The first-order valence-electron chi connectivity index (χ1n) is 7.75. The Morgan fingerprint density at radius 3 is 2.38 bits per heavy atom. The lowest BCUT2D eigenvalue weighted by molar-refractivity contribution is -0.148. The maximum absolute atomic E-state index is 12.0. The van der Waals surface area contributed by atoms with Crippen LogP contribution in [0.25, 0.3) is 0 Å². The molecule has 2 atom stereocenters. The fourth-order valence-electron chi connectivity index (χ4n) is 2.80. The molecule has 0 radical (unpaired) electrons. The van der Waals surface area contributed by atoms with Gasteiger partial charge in [0.1, 0.15) is 0 Å². The Morgan fingerprint density at radius 2 is 1.88 bits per heavy atom. The van der Waals surface area contributed by atoms with Crippen LogP contribution >= 0.6 is 0 Å². The number of hydrogen-bond acceptors (Lipinski definition) is 4. The Labute approximate surface area is 142 Å². The average Bonchev–Trinajstić information content (AvgIpc) is 2.52. The van der Waals surface area contributed by atoms with Crippen LogP contribution in [0.4, 0.5) is 0 Å². The van der Waals surface area contributed by atoms with Gasteiger partial charge in [-0.05, 0) is 31.9 Å². The zero-order valence-corrected chi connectivity index (χ0v) is 14.2. The van der Waals surface area contributed by atoms with Crippen LogP contribution in [0.5, 0.6) is 6.01 Å². The molecule has 1 heterocycles. The van der Waals surface area contributed by atoms with E-state index in [0.29, 0.717) is 6.42 Å². The van der Waals surface area contributed by atoms with Gasteiger partial charge in [0.05, 0.1) is 0 Å². The molecular formula is C19H22N2O3. The van der Waals surface area contributed by atoms with Gasteiger partial charge in [-0.2, -0.15) is 0 Å². The fraction of sp³-hybridized carbons (Fsp3) is 0.316. The van der Waals surface area contributed by atoms with Crippen LogP contribution in [0.3, 0.4) is 0 Å². The van der Waals surface area contributed by atoms with Gasteiger partial charge in [-0.15, -0.1) is 6.58 Å². The molecule has 0 aliphatic rings. The summed E-state index contributed by atoms with van der Waals surface area (Å²) in [6, 6.07) is 11.3. The lowest BCUT2D eigenvalue weighted by Crippen LogP contribution is -2.46. The molecule has 1 N–H and O–H groups in total. The van der Waals surface area contributed by atoms with Gasteiger partial charge in [0, 0.05) is 16.8 Å². The molecule has 2 unspecified atom stereocenters. The number of carbonyl (C=O) groups is 1. The summed E-state index contributed by atoms with van der Waals surface area (Å²) in [4.78, 5) is 20.4. The third-order valence-corrected chi connectivity index (χ3v) is 3.99. The Morgan fingerprint density at radius 1 is 1.29 bits per heavy atom. The van der Waals surface area contributed by atoms with Crippen molar-refractivity contribution in [3.05, 3.63) is 66.0 Å². The number of nitrogens with zero attached hydrogens (tertiary/aromatic N) is 2. The van der Waals surface area contributed by atoms with E-state index >= 15 is 0 Å². The monoisotopic (exact) mass is 326 g/mol. The molecule has 0 bridgehead atoms. The number of carboxylic acid groups (broad SMARTS) is 1. The molecule has 0 saturated heterocycles. The average molecular weight is 326 g/mol. The Bertz CT molecular complexity index is 710. The van der Waals surface area contributed by atoms with Gasteiger partial charge in [-0.25, -0.2) is 14.8 Å². The highest BCUT2D eigenvalue weighted by Crippen LogP contribution is 2.34. The van der Waals surface area contributed by atoms with Crippen molar-refractivity contribution in [2.24, 2.45) is 0 Å². The number of aliphatic carboxylic acids is 1. The van der Waals surface area contributed by atoms with Crippen molar-refractivity contribution < 1.29 is 14.6 Å². The van der Waals surface area contributed by atoms with E-state index in [2.05, 4.69) is 16.5 Å². The largest absolute Gasteiger partial charge is 0.478 e. The van der Waals surface area contributed by atoms with Crippen LogP contribution in [0.2, 0.25) is 0 Å². The van der Waals surface area contributed by atoms with Gasteiger partial charge < -0.3 is 9.84 Å². The Kier molecular flexibility index (Phi) is 5.34. The molecule has 0 saturated carbocycles. The highest BCUT2D eigenvalue weighted by Gasteiger charge is 2.42. The highest BCUT2D eigenvalue weighted by molar-refractivity contribution is 5.75. The molecule has 0 aliphatic heterocycles. The molecule has 5 nitrogen and oxygen atoms in total. The summed E-state index contributed by atoms with van der Waals surface area (Å²) in [6.07, 6.45) is 1.01. The quantitative estimate of drug-likeness (QED) is 0.789. The van der Waals surface area contributed by atoms with Gasteiger partial charge >= 0.3 is 12.0 Å². The first kappa shape index (κ1) is 17.7. The summed E-state index contributed by atoms with van der Waals surface area (Å²) in [5, 5.41) is 9.78. The first-order valence-corrected chi connectivity index (χ1v) is 7.75. The standard InChI is InChI=1S/C19H22N2O3/c1-5-11-19(4,15-9-7-6-8-10-15)16(17(22)23)24-18-20-13(2)12-14(3)21-18/h5-10,12,16H,1,11H2,2-4H3,(H,22,23). The number of benzene rings is 1. The maximum Gasteiger partial charge on any atom is 0.345 e. The van der Waals surface area contributed by atoms with Crippen molar-refractivity contribution >= 4 is 5.97 Å². The lowest BCUT2D eigenvalue weighted by atomic mass is 9.74. The molecule has 2 rings (SSSR count). The smallest absolute Gasteiger partial charge is 0.345 e. The van der Waals surface area contributed by atoms with E-state index in [4.69, 9.17) is 4.74 Å². The van der Waals surface area contributed by atoms with Crippen molar-refractivity contribution in [3.63, 3.8) is 0 Å². The van der Waals surface area contributed by atoms with E-state index < -0.39 is 17.5 Å². The van der Waals surface area contributed by atoms with Crippen LogP contribution < -0.4 is 4.74 Å². The van der Waals surface area contributed by atoms with Crippen LogP contribution in [-0.4, -0.2) is 27.1 Å². The van der Waals surface area contributed by atoms with E-state index in [1.54, 1.807) is 6.08 Å². The van der Waals surface area contributed by atoms with Crippen molar-refractivity contribution in [1.82, 2.24) is 9.97 Å². The lowest BCUT2D eigenvalue weighted by Gasteiger charge is -2.34. The highest BCUT2D eigenvalue weighted by atomic mass is 16.5. The number of carboxylic acids is 1. The van der Waals surface area contributed by atoms with Gasteiger partial charge in [-0.1, -0.05) is 43.3 Å². The van der Waals surface area contributed by atoms with E-state index in [-0.39, 0.29) is 6.01 Å². The van der Waals surface area contributed by atoms with Crippen LogP contribution in [-0.2, 0) is 10.2 Å². The van der Waals surface area contributed by atoms with Gasteiger partial charge in [0.15, 0.2) is 0 Å². The second-order valence-corrected chi connectivity index (χ2v) is 6.05. The molecule has 0 aliphatic carbocycles. The summed E-state index contributed by atoms with van der Waals surface area (Å²) in [5.74, 6) is -1.06. The van der Waals surface area contributed by atoms with Crippen molar-refractivity contribution in [2.45, 2.75) is 38.7 Å². The van der Waals surface area contributed by atoms with E-state index in [0.717, 1.165) is 17.0 Å². The third kappa shape index (κ3) is 3.79. The Hall–Kier alpha value is -2.69. The number of allylic oxidation sites excluding steroid dienone is 1. The Balaban J connectivity index is 2.46.